The summed E-state index contributed by atoms with van der Waals surface area (Å²) in [5.74, 6) is -0.427. The van der Waals surface area contributed by atoms with E-state index in [0.29, 0.717) is 33.4 Å². The molecule has 1 aromatic heterocycles. The molecule has 2 aliphatic heterocycles. The van der Waals surface area contributed by atoms with Gasteiger partial charge in [0.1, 0.15) is 0 Å². The molecule has 0 aliphatic carbocycles. The van der Waals surface area contributed by atoms with E-state index in [1.165, 1.54) is 16.1 Å². The summed E-state index contributed by atoms with van der Waals surface area (Å²) in [4.78, 5) is 19.5. The van der Waals surface area contributed by atoms with Gasteiger partial charge in [-0.15, -0.1) is 0 Å². The quantitative estimate of drug-likeness (QED) is 0.836. The lowest BCUT2D eigenvalue weighted by Crippen LogP contribution is -2.37. The van der Waals surface area contributed by atoms with Gasteiger partial charge < -0.3 is 9.72 Å². The minimum Gasteiger partial charge on any atom is -0.462 e. The number of aliphatic imine (C=N–C) groups is 1. The summed E-state index contributed by atoms with van der Waals surface area (Å²) in [5, 5.41) is 2.20. The van der Waals surface area contributed by atoms with E-state index in [9.17, 15) is 13.2 Å². The number of aromatic amines is 1. The number of amidine groups is 1. The van der Waals surface area contributed by atoms with E-state index in [-0.39, 0.29) is 18.9 Å². The van der Waals surface area contributed by atoms with E-state index in [0.717, 1.165) is 0 Å². The number of aromatic nitrogens is 1. The number of H-pyrrole nitrogens is 1. The van der Waals surface area contributed by atoms with Crippen LogP contribution in [0.25, 0.3) is 5.70 Å². The average Bonchev–Trinajstić information content (AvgIpc) is 3.01. The minimum atomic E-state index is -3.43. The Bertz CT molecular complexity index is 836. The van der Waals surface area contributed by atoms with Gasteiger partial charge in [-0.05, 0) is 26.3 Å². The number of esters is 1. The summed E-state index contributed by atoms with van der Waals surface area (Å²) in [7, 11) is -3.43. The van der Waals surface area contributed by atoms with Gasteiger partial charge in [0.2, 0.25) is 10.0 Å². The Morgan fingerprint density at radius 2 is 2.22 bits per heavy atom. The number of ether oxygens (including phenoxy) is 1. The van der Waals surface area contributed by atoms with Crippen molar-refractivity contribution >= 4 is 38.6 Å². The van der Waals surface area contributed by atoms with E-state index < -0.39 is 16.0 Å². The van der Waals surface area contributed by atoms with Crippen LogP contribution >= 0.6 is 11.8 Å². The normalized spacial score (nSPS) is 19.2. The van der Waals surface area contributed by atoms with Gasteiger partial charge in [0.25, 0.3) is 0 Å². The molecule has 0 saturated heterocycles. The molecular weight excluding hydrogens is 338 g/mol. The van der Waals surface area contributed by atoms with Gasteiger partial charge in [0.15, 0.2) is 5.17 Å². The molecule has 124 valence electrons. The fourth-order valence-corrected chi connectivity index (χ4v) is 5.28. The zero-order valence-corrected chi connectivity index (χ0v) is 14.7. The van der Waals surface area contributed by atoms with Crippen LogP contribution in [0.2, 0.25) is 0 Å². The van der Waals surface area contributed by atoms with Gasteiger partial charge in [-0.2, -0.15) is 0 Å². The van der Waals surface area contributed by atoms with Crippen LogP contribution in [-0.2, 0) is 14.8 Å². The second-order valence-electron chi connectivity index (χ2n) is 5.21. The zero-order chi connectivity index (χ0) is 16.8. The van der Waals surface area contributed by atoms with E-state index in [4.69, 9.17) is 4.74 Å². The van der Waals surface area contributed by atoms with Crippen molar-refractivity contribution in [3.8, 4) is 0 Å². The van der Waals surface area contributed by atoms with Gasteiger partial charge in [-0.1, -0.05) is 11.8 Å². The maximum absolute atomic E-state index is 12.4. The van der Waals surface area contributed by atoms with Crippen LogP contribution in [0.5, 0.6) is 0 Å². The number of nitrogens with one attached hydrogen (secondary N) is 1. The Hall–Kier alpha value is -1.74. The molecule has 3 heterocycles. The van der Waals surface area contributed by atoms with Crippen molar-refractivity contribution in [2.75, 3.05) is 18.9 Å². The van der Waals surface area contributed by atoms with Gasteiger partial charge in [-0.25, -0.2) is 17.5 Å². The molecule has 0 bridgehead atoms. The Kier molecular flexibility index (Phi) is 4.01. The number of fused-ring (bicyclic) bond motifs is 1. The van der Waals surface area contributed by atoms with Crippen LogP contribution < -0.4 is 0 Å². The fourth-order valence-electron chi connectivity index (χ4n) is 2.70. The lowest BCUT2D eigenvalue weighted by molar-refractivity contribution is 0.0525. The molecule has 0 unspecified atom stereocenters. The second kappa shape index (κ2) is 5.72. The van der Waals surface area contributed by atoms with E-state index in [1.54, 1.807) is 26.2 Å². The van der Waals surface area contributed by atoms with E-state index >= 15 is 0 Å². The summed E-state index contributed by atoms with van der Waals surface area (Å²) in [6.07, 6.45) is 0. The first kappa shape index (κ1) is 16.1. The molecule has 1 N–H and O–H groups in total. The maximum Gasteiger partial charge on any atom is 0.340 e. The highest BCUT2D eigenvalue weighted by Crippen LogP contribution is 2.39. The van der Waals surface area contributed by atoms with Crippen LogP contribution in [-0.4, -0.2) is 47.7 Å². The van der Waals surface area contributed by atoms with Crippen molar-refractivity contribution in [2.24, 2.45) is 4.99 Å². The molecule has 0 radical (unpaired) electrons. The second-order valence-corrected chi connectivity index (χ2v) is 7.98. The molecule has 1 aromatic rings. The molecule has 23 heavy (non-hydrogen) atoms. The van der Waals surface area contributed by atoms with Crippen molar-refractivity contribution in [1.82, 2.24) is 9.29 Å². The first-order valence-corrected chi connectivity index (χ1v) is 9.66. The molecule has 3 rings (SSSR count). The summed E-state index contributed by atoms with van der Waals surface area (Å²) in [5.41, 5.74) is 2.89. The first-order chi connectivity index (χ1) is 10.9. The molecule has 2 aliphatic rings. The van der Waals surface area contributed by atoms with Crippen molar-refractivity contribution < 1.29 is 17.9 Å². The van der Waals surface area contributed by atoms with Gasteiger partial charge >= 0.3 is 5.97 Å². The Morgan fingerprint density at radius 3 is 2.91 bits per heavy atom. The lowest BCUT2D eigenvalue weighted by Gasteiger charge is -2.24. The number of nitrogens with zero attached hydrogens (tertiary/aromatic N) is 2. The highest BCUT2D eigenvalue weighted by atomic mass is 32.2. The van der Waals surface area contributed by atoms with Gasteiger partial charge in [0.05, 0.1) is 35.9 Å². The number of rotatable bonds is 3. The van der Waals surface area contributed by atoms with Crippen molar-refractivity contribution in [2.45, 2.75) is 20.8 Å². The molecular formula is C14H17N3O4S2. The molecule has 0 atom stereocenters. The predicted octanol–water partition coefficient (Wildman–Crippen LogP) is 1.85. The molecule has 7 nitrogen and oxygen atoms in total. The van der Waals surface area contributed by atoms with Gasteiger partial charge in [-0.3, -0.25) is 4.99 Å². The van der Waals surface area contributed by atoms with Crippen LogP contribution in [0.3, 0.4) is 0 Å². The number of thioether (sulfide) groups is 1. The van der Waals surface area contributed by atoms with Gasteiger partial charge in [0, 0.05) is 11.1 Å². The number of carbonyl (C=O) groups is 1. The molecule has 0 amide bonds. The fraction of sp³-hybridized carbons (Fsp3) is 0.429. The molecule has 9 heteroatoms. The highest BCUT2D eigenvalue weighted by molar-refractivity contribution is 8.18. The predicted molar refractivity (Wildman–Crippen MR) is 89.7 cm³/mol. The summed E-state index contributed by atoms with van der Waals surface area (Å²) >= 11 is 1.27. The minimum absolute atomic E-state index is 0.0160. The van der Waals surface area contributed by atoms with E-state index in [2.05, 4.69) is 9.98 Å². The lowest BCUT2D eigenvalue weighted by atomic mass is 10.1. The van der Waals surface area contributed by atoms with E-state index in [1.807, 2.05) is 0 Å². The third kappa shape index (κ3) is 2.57. The monoisotopic (exact) mass is 355 g/mol. The molecule has 0 aromatic carbocycles. The van der Waals surface area contributed by atoms with Crippen molar-refractivity contribution in [3.63, 3.8) is 0 Å². The van der Waals surface area contributed by atoms with Crippen molar-refractivity contribution in [3.05, 3.63) is 27.9 Å². The van der Waals surface area contributed by atoms with Crippen LogP contribution in [0, 0.1) is 13.8 Å². The standard InChI is InChI=1S/C14H17N3O4S2/c1-4-21-13(18)11-8(2)12(16-9(11)3)10-7-22-14-15-5-6-23(19,20)17(10)14/h7,16H,4-6H2,1-3H3. The Labute approximate surface area is 138 Å². The topological polar surface area (TPSA) is 91.8 Å². The number of aryl methyl sites for hydroxylation is 1. The Morgan fingerprint density at radius 1 is 1.48 bits per heavy atom. The smallest absolute Gasteiger partial charge is 0.340 e. The third-order valence-corrected chi connectivity index (χ3v) is 6.32. The van der Waals surface area contributed by atoms with Crippen LogP contribution in [0.1, 0.15) is 34.2 Å². The summed E-state index contributed by atoms with van der Waals surface area (Å²) < 4.78 is 31.1. The number of carbonyl (C=O) groups excluding carboxylic acids is 1. The van der Waals surface area contributed by atoms with Crippen LogP contribution in [0.15, 0.2) is 10.4 Å². The average molecular weight is 355 g/mol. The third-order valence-electron chi connectivity index (χ3n) is 3.72. The largest absolute Gasteiger partial charge is 0.462 e. The number of hydrogen-bond acceptors (Lipinski definition) is 6. The summed E-state index contributed by atoms with van der Waals surface area (Å²) in [6.45, 7) is 5.86. The number of sulfonamides is 1. The maximum atomic E-state index is 12.4. The summed E-state index contributed by atoms with van der Waals surface area (Å²) in [6, 6.07) is 0. The highest BCUT2D eigenvalue weighted by Gasteiger charge is 2.38. The first-order valence-electron chi connectivity index (χ1n) is 7.17. The Balaban J connectivity index is 2.07. The zero-order valence-electron chi connectivity index (χ0n) is 13.0. The SMILES string of the molecule is CCOC(=O)c1c(C)[nH]c(C2=CSC3=NCCS(=O)(=O)N23)c1C. The van der Waals surface area contributed by atoms with Crippen molar-refractivity contribution in [1.29, 1.82) is 0 Å². The molecule has 0 fully saturated rings. The molecule has 0 spiro atoms. The molecule has 0 saturated carbocycles. The van der Waals surface area contributed by atoms with Crippen LogP contribution in [0.4, 0.5) is 0 Å². The number of hydrogen-bond donors (Lipinski definition) is 1.